The number of hydrogen-bond acceptors (Lipinski definition) is 2. The van der Waals surface area contributed by atoms with Gasteiger partial charge in [-0.1, -0.05) is 17.7 Å². The molecule has 0 saturated heterocycles. The average molecular weight is 361 g/mol. The van der Waals surface area contributed by atoms with Crippen molar-refractivity contribution in [2.24, 2.45) is 0 Å². The molecule has 0 radical (unpaired) electrons. The molecule has 0 atom stereocenters. The molecule has 0 saturated carbocycles. The smallest absolute Gasteiger partial charge is 0.251 e. The Bertz CT molecular complexity index is 793. The first-order valence-corrected chi connectivity index (χ1v) is 8.55. The number of amides is 2. The van der Waals surface area contributed by atoms with Crippen molar-refractivity contribution in [1.82, 2.24) is 5.32 Å². The number of aryl methyl sites for hydroxylation is 1. The van der Waals surface area contributed by atoms with E-state index in [-0.39, 0.29) is 30.6 Å². The summed E-state index contributed by atoms with van der Waals surface area (Å²) in [6.45, 7) is 0.794. The Morgan fingerprint density at radius 3 is 2.68 bits per heavy atom. The fourth-order valence-corrected chi connectivity index (χ4v) is 3.05. The zero-order chi connectivity index (χ0) is 17.8. The first kappa shape index (κ1) is 17.4. The van der Waals surface area contributed by atoms with Crippen LogP contribution < -0.4 is 10.2 Å². The van der Waals surface area contributed by atoms with Crippen LogP contribution in [0.5, 0.6) is 0 Å². The van der Waals surface area contributed by atoms with Gasteiger partial charge in [-0.15, -0.1) is 0 Å². The van der Waals surface area contributed by atoms with E-state index in [1.54, 1.807) is 35.2 Å². The summed E-state index contributed by atoms with van der Waals surface area (Å²) in [5, 5.41) is 3.28. The molecule has 4 nitrogen and oxygen atoms in total. The largest absolute Gasteiger partial charge is 0.352 e. The number of carbonyl (C=O) groups is 2. The van der Waals surface area contributed by atoms with Crippen molar-refractivity contribution < 1.29 is 14.0 Å². The van der Waals surface area contributed by atoms with Crippen molar-refractivity contribution in [1.29, 1.82) is 0 Å². The maximum Gasteiger partial charge on any atom is 0.251 e. The molecule has 130 valence electrons. The molecule has 2 amide bonds. The van der Waals surface area contributed by atoms with Crippen molar-refractivity contribution in [2.45, 2.75) is 19.3 Å². The number of rotatable bonds is 4. The summed E-state index contributed by atoms with van der Waals surface area (Å²) in [7, 11) is 0. The second-order valence-corrected chi connectivity index (χ2v) is 6.37. The van der Waals surface area contributed by atoms with Gasteiger partial charge in [-0.2, -0.15) is 0 Å². The quantitative estimate of drug-likeness (QED) is 0.906. The van der Waals surface area contributed by atoms with Crippen molar-refractivity contribution in [3.05, 3.63) is 64.4 Å². The average Bonchev–Trinajstić information content (AvgIpc) is 2.61. The van der Waals surface area contributed by atoms with Crippen LogP contribution in [-0.4, -0.2) is 24.9 Å². The van der Waals surface area contributed by atoms with Crippen LogP contribution in [0.3, 0.4) is 0 Å². The number of fused-ring (bicyclic) bond motifs is 1. The van der Waals surface area contributed by atoms with Gasteiger partial charge in [0.15, 0.2) is 0 Å². The van der Waals surface area contributed by atoms with E-state index in [1.165, 1.54) is 12.1 Å². The molecular formula is C19H18ClFN2O2. The van der Waals surface area contributed by atoms with Gasteiger partial charge in [0.2, 0.25) is 5.91 Å². The second-order valence-electron chi connectivity index (χ2n) is 5.93. The van der Waals surface area contributed by atoms with Crippen LogP contribution in [0, 0.1) is 5.82 Å². The van der Waals surface area contributed by atoms with Crippen LogP contribution in [0.15, 0.2) is 42.5 Å². The van der Waals surface area contributed by atoms with Crippen molar-refractivity contribution >= 4 is 29.1 Å². The van der Waals surface area contributed by atoms with Crippen LogP contribution in [0.4, 0.5) is 10.1 Å². The number of anilines is 1. The molecule has 0 bridgehead atoms. The Morgan fingerprint density at radius 2 is 1.92 bits per heavy atom. The lowest BCUT2D eigenvalue weighted by Crippen LogP contribution is -2.37. The Morgan fingerprint density at radius 1 is 1.16 bits per heavy atom. The van der Waals surface area contributed by atoms with Crippen LogP contribution in [-0.2, 0) is 11.2 Å². The Kier molecular flexibility index (Phi) is 5.34. The fourth-order valence-electron chi connectivity index (χ4n) is 2.93. The standard InChI is InChI=1S/C19H18ClFN2O2/c20-15-6-3-14(4-7-15)19(25)22-10-9-18(24)23-11-1-2-13-5-8-16(21)12-17(13)23/h3-8,12H,1-2,9-11H2,(H,22,25). The Balaban J connectivity index is 1.58. The molecule has 0 aliphatic carbocycles. The minimum absolute atomic E-state index is 0.122. The van der Waals surface area contributed by atoms with E-state index in [0.717, 1.165) is 18.4 Å². The van der Waals surface area contributed by atoms with Gasteiger partial charge in [-0.05, 0) is 54.8 Å². The Labute approximate surface area is 150 Å². The molecule has 0 unspecified atom stereocenters. The van der Waals surface area contributed by atoms with Gasteiger partial charge >= 0.3 is 0 Å². The maximum absolute atomic E-state index is 13.5. The number of nitrogens with zero attached hydrogens (tertiary/aromatic N) is 1. The van der Waals surface area contributed by atoms with Gasteiger partial charge in [0.25, 0.3) is 5.91 Å². The molecule has 1 aliphatic rings. The van der Waals surface area contributed by atoms with Crippen LogP contribution in [0.2, 0.25) is 5.02 Å². The zero-order valence-corrected chi connectivity index (χ0v) is 14.4. The first-order chi connectivity index (χ1) is 12.0. The zero-order valence-electron chi connectivity index (χ0n) is 13.6. The van der Waals surface area contributed by atoms with Gasteiger partial charge in [0, 0.05) is 35.8 Å². The van der Waals surface area contributed by atoms with E-state index in [9.17, 15) is 14.0 Å². The lowest BCUT2D eigenvalue weighted by atomic mass is 10.0. The molecule has 0 spiro atoms. The molecule has 3 rings (SSSR count). The predicted molar refractivity (Wildman–Crippen MR) is 95.5 cm³/mol. The number of benzene rings is 2. The summed E-state index contributed by atoms with van der Waals surface area (Å²) in [5.41, 5.74) is 2.11. The van der Waals surface area contributed by atoms with Gasteiger partial charge in [-0.25, -0.2) is 4.39 Å². The minimum Gasteiger partial charge on any atom is -0.352 e. The second kappa shape index (κ2) is 7.66. The Hall–Kier alpha value is -2.40. The third kappa shape index (κ3) is 4.17. The lowest BCUT2D eigenvalue weighted by Gasteiger charge is -2.29. The van der Waals surface area contributed by atoms with Crippen LogP contribution in [0.25, 0.3) is 0 Å². The molecule has 25 heavy (non-hydrogen) atoms. The molecule has 1 aliphatic heterocycles. The van der Waals surface area contributed by atoms with Crippen molar-refractivity contribution in [2.75, 3.05) is 18.0 Å². The summed E-state index contributed by atoms with van der Waals surface area (Å²) in [5.74, 6) is -0.730. The summed E-state index contributed by atoms with van der Waals surface area (Å²) >= 11 is 5.79. The lowest BCUT2D eigenvalue weighted by molar-refractivity contribution is -0.118. The number of halogens is 2. The van der Waals surface area contributed by atoms with E-state index in [4.69, 9.17) is 11.6 Å². The summed E-state index contributed by atoms with van der Waals surface area (Å²) in [4.78, 5) is 26.1. The van der Waals surface area contributed by atoms with Gasteiger partial charge < -0.3 is 10.2 Å². The third-order valence-corrected chi connectivity index (χ3v) is 4.45. The number of carbonyl (C=O) groups excluding carboxylic acids is 2. The van der Waals surface area contributed by atoms with Crippen LogP contribution >= 0.6 is 11.6 Å². The highest BCUT2D eigenvalue weighted by atomic mass is 35.5. The number of nitrogens with one attached hydrogen (secondary N) is 1. The predicted octanol–water partition coefficient (Wildman–Crippen LogP) is 3.58. The van der Waals surface area contributed by atoms with E-state index in [0.29, 0.717) is 22.8 Å². The molecule has 0 aromatic heterocycles. The van der Waals surface area contributed by atoms with E-state index in [1.807, 2.05) is 0 Å². The first-order valence-electron chi connectivity index (χ1n) is 8.17. The normalized spacial score (nSPS) is 13.3. The van der Waals surface area contributed by atoms with E-state index in [2.05, 4.69) is 5.32 Å². The summed E-state index contributed by atoms with van der Waals surface area (Å²) < 4.78 is 13.5. The van der Waals surface area contributed by atoms with Crippen molar-refractivity contribution in [3.8, 4) is 0 Å². The van der Waals surface area contributed by atoms with Crippen LogP contribution in [0.1, 0.15) is 28.8 Å². The molecule has 6 heteroatoms. The monoisotopic (exact) mass is 360 g/mol. The highest BCUT2D eigenvalue weighted by Crippen LogP contribution is 2.28. The highest BCUT2D eigenvalue weighted by Gasteiger charge is 2.22. The molecule has 2 aromatic rings. The molecule has 1 heterocycles. The van der Waals surface area contributed by atoms with E-state index >= 15 is 0 Å². The molecule has 2 aromatic carbocycles. The van der Waals surface area contributed by atoms with Gasteiger partial charge in [-0.3, -0.25) is 9.59 Å². The SMILES string of the molecule is O=C(NCCC(=O)N1CCCc2ccc(F)cc21)c1ccc(Cl)cc1. The molecule has 1 N–H and O–H groups in total. The minimum atomic E-state index is -0.352. The van der Waals surface area contributed by atoms with E-state index < -0.39 is 0 Å². The van der Waals surface area contributed by atoms with Gasteiger partial charge in [0.05, 0.1) is 0 Å². The highest BCUT2D eigenvalue weighted by molar-refractivity contribution is 6.30. The van der Waals surface area contributed by atoms with Crippen molar-refractivity contribution in [3.63, 3.8) is 0 Å². The third-order valence-electron chi connectivity index (χ3n) is 4.20. The summed E-state index contributed by atoms with van der Waals surface area (Å²) in [6, 6.07) is 11.1. The van der Waals surface area contributed by atoms with Gasteiger partial charge in [0.1, 0.15) is 5.82 Å². The summed E-state index contributed by atoms with van der Waals surface area (Å²) in [6.07, 6.45) is 1.85. The molecule has 0 fully saturated rings. The topological polar surface area (TPSA) is 49.4 Å². The number of hydrogen-bond donors (Lipinski definition) is 1. The fraction of sp³-hybridized carbons (Fsp3) is 0.263. The maximum atomic E-state index is 13.5. The molecular weight excluding hydrogens is 343 g/mol.